The second-order valence-corrected chi connectivity index (χ2v) is 10.0. The first-order valence-electron chi connectivity index (χ1n) is 13.2. The number of aliphatic hydroxyl groups excluding tert-OH is 2. The van der Waals surface area contributed by atoms with E-state index in [4.69, 9.17) is 13.9 Å². The lowest BCUT2D eigenvalue weighted by atomic mass is 10.1. The van der Waals surface area contributed by atoms with Gasteiger partial charge in [-0.3, -0.25) is 4.57 Å². The second kappa shape index (κ2) is 10.4. The van der Waals surface area contributed by atoms with E-state index in [1.165, 1.54) is 12.7 Å². The minimum absolute atomic E-state index is 0.0926. The Morgan fingerprint density at radius 2 is 1.84 bits per heavy atom. The van der Waals surface area contributed by atoms with Gasteiger partial charge in [-0.05, 0) is 32.6 Å². The Morgan fingerprint density at radius 3 is 2.61 bits per heavy atom. The van der Waals surface area contributed by atoms with E-state index < -0.39 is 24.5 Å². The van der Waals surface area contributed by atoms with Crippen molar-refractivity contribution in [2.75, 3.05) is 25.0 Å². The van der Waals surface area contributed by atoms with Gasteiger partial charge in [-0.25, -0.2) is 19.7 Å². The Kier molecular flexibility index (Phi) is 6.84. The molecular weight excluding hydrogens is 496 g/mol. The van der Waals surface area contributed by atoms with Crippen LogP contribution in [0.15, 0.2) is 17.1 Å². The van der Waals surface area contributed by atoms with Gasteiger partial charge in [-0.2, -0.15) is 0 Å². The number of nitrogens with one attached hydrogen (secondary N) is 1. The quantitative estimate of drug-likeness (QED) is 0.424. The first-order valence-corrected chi connectivity index (χ1v) is 13.2. The molecule has 0 bridgehead atoms. The van der Waals surface area contributed by atoms with Crippen LogP contribution in [0, 0.1) is 0 Å². The normalized spacial score (nSPS) is 26.9. The molecule has 204 valence electrons. The van der Waals surface area contributed by atoms with Gasteiger partial charge in [0, 0.05) is 25.0 Å². The van der Waals surface area contributed by atoms with Crippen LogP contribution in [0.3, 0.4) is 0 Å². The summed E-state index contributed by atoms with van der Waals surface area (Å²) in [6, 6.07) is 0.0926. The van der Waals surface area contributed by atoms with Crippen LogP contribution in [0.1, 0.15) is 75.5 Å². The molecule has 1 aliphatic carbocycles. The lowest BCUT2D eigenvalue weighted by Crippen LogP contribution is -2.42. The van der Waals surface area contributed by atoms with Crippen molar-refractivity contribution in [2.24, 2.45) is 0 Å². The molecule has 6 rings (SSSR count). The number of anilines is 1. The van der Waals surface area contributed by atoms with Gasteiger partial charge in [0.2, 0.25) is 11.8 Å². The molecule has 3 fully saturated rings. The molecule has 3 aromatic rings. The highest BCUT2D eigenvalue weighted by molar-refractivity contribution is 5.82. The molecule has 3 N–H and O–H groups in total. The van der Waals surface area contributed by atoms with Crippen LogP contribution in [0.2, 0.25) is 0 Å². The lowest BCUT2D eigenvalue weighted by Gasteiger charge is -2.31. The number of aromatic nitrogens is 6. The summed E-state index contributed by atoms with van der Waals surface area (Å²) in [6.07, 6.45) is 3.90. The molecule has 1 saturated carbocycles. The fourth-order valence-corrected chi connectivity index (χ4v) is 5.55. The smallest absolute Gasteiger partial charge is 0.409 e. The fourth-order valence-electron chi connectivity index (χ4n) is 5.55. The van der Waals surface area contributed by atoms with Gasteiger partial charge in [0.1, 0.15) is 18.5 Å². The van der Waals surface area contributed by atoms with Crippen LogP contribution in [-0.4, -0.2) is 88.9 Å². The molecule has 14 heteroatoms. The summed E-state index contributed by atoms with van der Waals surface area (Å²) in [5.74, 6) is 1.48. The summed E-state index contributed by atoms with van der Waals surface area (Å²) in [4.78, 5) is 26.9. The summed E-state index contributed by atoms with van der Waals surface area (Å²) in [5.41, 5.74) is 0.955. The van der Waals surface area contributed by atoms with Crippen LogP contribution >= 0.6 is 0 Å². The highest BCUT2D eigenvalue weighted by atomic mass is 16.6. The number of amides is 1. The third-order valence-electron chi connectivity index (χ3n) is 7.64. The van der Waals surface area contributed by atoms with Crippen LogP contribution < -0.4 is 5.32 Å². The summed E-state index contributed by atoms with van der Waals surface area (Å²) >= 11 is 0. The molecule has 0 unspecified atom stereocenters. The molecule has 14 nitrogen and oxygen atoms in total. The highest BCUT2D eigenvalue weighted by Gasteiger charge is 2.48. The summed E-state index contributed by atoms with van der Waals surface area (Å²) in [7, 11) is 0. The SMILES string of the molecule is CCOC(=O)N1CCC(Nc2ncnc3c2ncn3[C@@H]2O[C@H](c3nnc(C4CCCC4)o3)[C@@H](O)[C@H]2O)CC1. The third-order valence-corrected chi connectivity index (χ3v) is 7.64. The molecule has 1 amide bonds. The van der Waals surface area contributed by atoms with E-state index in [0.717, 1.165) is 38.5 Å². The van der Waals surface area contributed by atoms with E-state index in [1.807, 2.05) is 0 Å². The summed E-state index contributed by atoms with van der Waals surface area (Å²) in [5, 5.41) is 33.3. The standard InChI is InChI=1S/C24H32N8O6/c1-2-36-24(35)31-9-7-14(8-10-31)28-19-15-20(26-11-25-19)32(12-27-15)23-17(34)16(33)18(37-23)22-30-29-21(38-22)13-5-3-4-6-13/h11-14,16-18,23,33-34H,2-10H2,1H3,(H,25,26,28)/t16-,17+,18-,23+/m0/s1. The van der Waals surface area contributed by atoms with E-state index in [1.54, 1.807) is 16.4 Å². The van der Waals surface area contributed by atoms with Crippen molar-refractivity contribution < 1.29 is 28.9 Å². The maximum Gasteiger partial charge on any atom is 0.409 e. The van der Waals surface area contributed by atoms with Crippen molar-refractivity contribution in [3.8, 4) is 0 Å². The number of hydrogen-bond donors (Lipinski definition) is 3. The number of piperidine rings is 1. The molecule has 0 spiro atoms. The maximum absolute atomic E-state index is 12.0. The zero-order chi connectivity index (χ0) is 26.2. The van der Waals surface area contributed by atoms with Gasteiger partial charge < -0.3 is 34.3 Å². The minimum atomic E-state index is -1.27. The largest absolute Gasteiger partial charge is 0.450 e. The first kappa shape index (κ1) is 24.9. The van der Waals surface area contributed by atoms with Crippen molar-refractivity contribution in [3.05, 3.63) is 24.4 Å². The number of aliphatic hydroxyl groups is 2. The van der Waals surface area contributed by atoms with Crippen LogP contribution in [-0.2, 0) is 9.47 Å². The number of nitrogens with zero attached hydrogens (tertiary/aromatic N) is 7. The molecule has 2 saturated heterocycles. The Balaban J connectivity index is 1.16. The number of imidazole rings is 1. The van der Waals surface area contributed by atoms with Gasteiger partial charge in [-0.15, -0.1) is 10.2 Å². The molecular formula is C24H32N8O6. The number of carbonyl (C=O) groups excluding carboxylic acids is 1. The van der Waals surface area contributed by atoms with Crippen molar-refractivity contribution in [2.45, 2.75) is 81.9 Å². The van der Waals surface area contributed by atoms with Crippen LogP contribution in [0.4, 0.5) is 10.6 Å². The van der Waals surface area contributed by atoms with Crippen molar-refractivity contribution in [1.29, 1.82) is 0 Å². The topological polar surface area (TPSA) is 174 Å². The number of rotatable bonds is 6. The second-order valence-electron chi connectivity index (χ2n) is 10.0. The monoisotopic (exact) mass is 528 g/mol. The number of ether oxygens (including phenoxy) is 2. The van der Waals surface area contributed by atoms with E-state index in [-0.39, 0.29) is 23.9 Å². The summed E-state index contributed by atoms with van der Waals surface area (Å²) < 4.78 is 18.6. The Labute approximate surface area is 218 Å². The Hall–Kier alpha value is -3.36. The van der Waals surface area contributed by atoms with Gasteiger partial charge in [-0.1, -0.05) is 12.8 Å². The van der Waals surface area contributed by atoms with Gasteiger partial charge >= 0.3 is 6.09 Å². The predicted molar refractivity (Wildman–Crippen MR) is 131 cm³/mol. The first-order chi connectivity index (χ1) is 18.5. The Morgan fingerprint density at radius 1 is 1.08 bits per heavy atom. The minimum Gasteiger partial charge on any atom is -0.450 e. The van der Waals surface area contributed by atoms with Gasteiger partial charge in [0.05, 0.1) is 12.9 Å². The van der Waals surface area contributed by atoms with Crippen molar-refractivity contribution in [1.82, 2.24) is 34.6 Å². The molecule has 3 aliphatic rings. The maximum atomic E-state index is 12.0. The highest BCUT2D eigenvalue weighted by Crippen LogP contribution is 2.41. The zero-order valence-corrected chi connectivity index (χ0v) is 21.1. The molecule has 0 aromatic carbocycles. The van der Waals surface area contributed by atoms with E-state index >= 15 is 0 Å². The summed E-state index contributed by atoms with van der Waals surface area (Å²) in [6.45, 7) is 3.31. The van der Waals surface area contributed by atoms with E-state index in [0.29, 0.717) is 42.6 Å². The Bertz CT molecular complexity index is 1270. The average Bonchev–Trinajstić information content (AvgIpc) is 3.73. The van der Waals surface area contributed by atoms with Crippen LogP contribution in [0.25, 0.3) is 11.2 Å². The van der Waals surface area contributed by atoms with E-state index in [9.17, 15) is 15.0 Å². The molecule has 4 atom stereocenters. The lowest BCUT2D eigenvalue weighted by molar-refractivity contribution is -0.0440. The van der Waals surface area contributed by atoms with E-state index in [2.05, 4.69) is 30.5 Å². The number of hydrogen-bond acceptors (Lipinski definition) is 12. The average molecular weight is 529 g/mol. The number of fused-ring (bicyclic) bond motifs is 1. The molecule has 3 aromatic heterocycles. The predicted octanol–water partition coefficient (Wildman–Crippen LogP) is 1.89. The van der Waals surface area contributed by atoms with Crippen molar-refractivity contribution in [3.63, 3.8) is 0 Å². The zero-order valence-electron chi connectivity index (χ0n) is 21.1. The third kappa shape index (κ3) is 4.56. The van der Waals surface area contributed by atoms with Gasteiger partial charge in [0.15, 0.2) is 29.3 Å². The number of likely N-dealkylation sites (tertiary alicyclic amines) is 1. The molecule has 2 aliphatic heterocycles. The van der Waals surface area contributed by atoms with Gasteiger partial charge in [0.25, 0.3) is 0 Å². The molecule has 5 heterocycles. The molecule has 0 radical (unpaired) electrons. The fraction of sp³-hybridized carbons (Fsp3) is 0.667. The molecule has 38 heavy (non-hydrogen) atoms. The number of carbonyl (C=O) groups is 1. The van der Waals surface area contributed by atoms with Crippen molar-refractivity contribution >= 4 is 23.1 Å². The van der Waals surface area contributed by atoms with Crippen LogP contribution in [0.5, 0.6) is 0 Å².